The minimum Gasteiger partial charge on any atom is -0.497 e. The van der Waals surface area contributed by atoms with Crippen molar-refractivity contribution >= 4 is 17.5 Å². The fourth-order valence-electron chi connectivity index (χ4n) is 5.17. The van der Waals surface area contributed by atoms with Crippen LogP contribution < -0.4 is 4.74 Å². The van der Waals surface area contributed by atoms with Gasteiger partial charge in [-0.15, -0.1) is 0 Å². The molecule has 6 nitrogen and oxygen atoms in total. The Labute approximate surface area is 207 Å². The second-order valence-corrected chi connectivity index (χ2v) is 9.13. The van der Waals surface area contributed by atoms with Gasteiger partial charge in [0.05, 0.1) is 25.2 Å². The quantitative estimate of drug-likeness (QED) is 0.396. The first-order chi connectivity index (χ1) is 17.0. The minimum absolute atomic E-state index is 0.0505. The number of ether oxygens (including phenoxy) is 3. The van der Waals surface area contributed by atoms with Crippen molar-refractivity contribution in [2.24, 2.45) is 10.9 Å². The number of fused-ring (bicyclic) bond motifs is 1. The first-order valence-electron chi connectivity index (χ1n) is 12.2. The number of carbonyl (C=O) groups is 2. The van der Waals surface area contributed by atoms with Gasteiger partial charge in [0.25, 0.3) is 0 Å². The number of methoxy groups -OCH3 is 2. The van der Waals surface area contributed by atoms with Gasteiger partial charge in [-0.2, -0.15) is 0 Å². The third kappa shape index (κ3) is 5.22. The van der Waals surface area contributed by atoms with Crippen LogP contribution in [0.1, 0.15) is 55.2 Å². The summed E-state index contributed by atoms with van der Waals surface area (Å²) in [5, 5.41) is 0. The zero-order chi connectivity index (χ0) is 24.9. The summed E-state index contributed by atoms with van der Waals surface area (Å²) in [6.45, 7) is 4.41. The van der Waals surface area contributed by atoms with Crippen molar-refractivity contribution in [1.29, 1.82) is 0 Å². The van der Waals surface area contributed by atoms with Gasteiger partial charge in [-0.25, -0.2) is 4.79 Å². The Hall–Kier alpha value is -3.25. The number of benzene rings is 2. The van der Waals surface area contributed by atoms with E-state index in [1.165, 1.54) is 5.56 Å². The van der Waals surface area contributed by atoms with Crippen molar-refractivity contribution in [3.05, 3.63) is 76.5 Å². The van der Waals surface area contributed by atoms with E-state index in [1.54, 1.807) is 14.2 Å². The number of Topliss-reactive ketones (excluding diaryl/α,β-unsaturated/α-hetero) is 1. The number of nitrogens with zero attached hydrogens (tertiary/aromatic N) is 1. The van der Waals surface area contributed by atoms with Crippen LogP contribution in [0.25, 0.3) is 0 Å². The molecule has 2 aliphatic rings. The number of hydrogen-bond donors (Lipinski definition) is 0. The number of rotatable bonds is 8. The van der Waals surface area contributed by atoms with Crippen LogP contribution in [-0.2, 0) is 25.5 Å². The summed E-state index contributed by atoms with van der Waals surface area (Å²) in [7, 11) is 3.20. The molecule has 3 atom stereocenters. The molecule has 1 saturated carbocycles. The van der Waals surface area contributed by atoms with Crippen molar-refractivity contribution in [2.45, 2.75) is 44.9 Å². The second kappa shape index (κ2) is 11.0. The predicted octanol–water partition coefficient (Wildman–Crippen LogP) is 5.02. The first-order valence-corrected chi connectivity index (χ1v) is 12.2. The summed E-state index contributed by atoms with van der Waals surface area (Å²) < 4.78 is 15.8. The Morgan fingerprint density at radius 2 is 1.63 bits per heavy atom. The molecule has 35 heavy (non-hydrogen) atoms. The van der Waals surface area contributed by atoms with Crippen LogP contribution in [0.15, 0.2) is 64.8 Å². The first kappa shape index (κ1) is 24.9. The molecule has 2 aromatic rings. The van der Waals surface area contributed by atoms with Gasteiger partial charge in [-0.3, -0.25) is 9.79 Å². The molecule has 1 aliphatic heterocycles. The number of hydrogen-bond acceptors (Lipinski definition) is 6. The highest BCUT2D eigenvalue weighted by molar-refractivity contribution is 6.12. The van der Waals surface area contributed by atoms with E-state index in [2.05, 4.69) is 19.1 Å². The fraction of sp³-hybridized carbons (Fsp3) is 0.414. The lowest BCUT2D eigenvalue weighted by molar-refractivity contribution is -0.140. The molecule has 1 aliphatic carbocycles. The van der Waals surface area contributed by atoms with Gasteiger partial charge in [0, 0.05) is 30.9 Å². The summed E-state index contributed by atoms with van der Waals surface area (Å²) in [6.07, 6.45) is 2.00. The van der Waals surface area contributed by atoms with Gasteiger partial charge < -0.3 is 14.2 Å². The molecule has 184 valence electrons. The monoisotopic (exact) mass is 475 g/mol. The Kier molecular flexibility index (Phi) is 7.81. The van der Waals surface area contributed by atoms with E-state index in [1.807, 2.05) is 43.3 Å². The highest BCUT2D eigenvalue weighted by Gasteiger charge is 2.46. The molecular formula is C29H33NO5. The third-order valence-corrected chi connectivity index (χ3v) is 7.03. The van der Waals surface area contributed by atoms with Crippen molar-refractivity contribution in [2.75, 3.05) is 27.4 Å². The molecule has 1 unspecified atom stereocenters. The van der Waals surface area contributed by atoms with Crippen LogP contribution >= 0.6 is 0 Å². The minimum atomic E-state index is -0.467. The van der Waals surface area contributed by atoms with Crippen LogP contribution in [0.2, 0.25) is 0 Å². The molecule has 6 heteroatoms. The lowest BCUT2D eigenvalue weighted by Crippen LogP contribution is -2.41. The molecule has 0 amide bonds. The van der Waals surface area contributed by atoms with E-state index in [4.69, 9.17) is 19.2 Å². The van der Waals surface area contributed by atoms with E-state index in [-0.39, 0.29) is 18.3 Å². The summed E-state index contributed by atoms with van der Waals surface area (Å²) in [4.78, 5) is 31.7. The second-order valence-electron chi connectivity index (χ2n) is 9.13. The molecular weight excluding hydrogens is 442 g/mol. The SMILES string of the molecule is CCc1ccc([C@@H]2C(C(=O)OCCOC)=C(C)N=C3C[C@H](c4ccc(OC)cc4)CC(=O)C32)cc1. The van der Waals surface area contributed by atoms with Crippen LogP contribution in [0, 0.1) is 5.92 Å². The Morgan fingerprint density at radius 1 is 0.943 bits per heavy atom. The molecule has 0 spiro atoms. The molecule has 2 aromatic carbocycles. The zero-order valence-corrected chi connectivity index (χ0v) is 20.9. The van der Waals surface area contributed by atoms with Gasteiger partial charge in [-0.05, 0) is 54.5 Å². The van der Waals surface area contributed by atoms with Gasteiger partial charge in [-0.1, -0.05) is 43.3 Å². The van der Waals surface area contributed by atoms with E-state index in [9.17, 15) is 9.59 Å². The van der Waals surface area contributed by atoms with Crippen molar-refractivity contribution < 1.29 is 23.8 Å². The number of allylic oxidation sites excluding steroid dienone is 1. The highest BCUT2D eigenvalue weighted by atomic mass is 16.6. The summed E-state index contributed by atoms with van der Waals surface area (Å²) >= 11 is 0. The smallest absolute Gasteiger partial charge is 0.336 e. The van der Waals surface area contributed by atoms with E-state index < -0.39 is 17.8 Å². The number of carbonyl (C=O) groups excluding carboxylic acids is 2. The molecule has 0 aromatic heterocycles. The third-order valence-electron chi connectivity index (χ3n) is 7.03. The van der Waals surface area contributed by atoms with Crippen LogP contribution in [0.3, 0.4) is 0 Å². The molecule has 0 saturated heterocycles. The van der Waals surface area contributed by atoms with Gasteiger partial charge in [0.2, 0.25) is 0 Å². The lowest BCUT2D eigenvalue weighted by Gasteiger charge is -2.38. The van der Waals surface area contributed by atoms with E-state index in [0.717, 1.165) is 29.0 Å². The number of aryl methyl sites for hydroxylation is 1. The van der Waals surface area contributed by atoms with Crippen LogP contribution in [0.5, 0.6) is 5.75 Å². The molecule has 1 fully saturated rings. The van der Waals surface area contributed by atoms with E-state index in [0.29, 0.717) is 30.7 Å². The highest BCUT2D eigenvalue weighted by Crippen LogP contribution is 2.46. The summed E-state index contributed by atoms with van der Waals surface area (Å²) in [5.74, 6) is -0.366. The van der Waals surface area contributed by atoms with E-state index >= 15 is 0 Å². The molecule has 0 bridgehead atoms. The zero-order valence-electron chi connectivity index (χ0n) is 20.9. The Bertz CT molecular complexity index is 1130. The summed E-state index contributed by atoms with van der Waals surface area (Å²) in [6, 6.07) is 16.1. The van der Waals surface area contributed by atoms with Gasteiger partial charge >= 0.3 is 5.97 Å². The molecule has 4 rings (SSSR count). The topological polar surface area (TPSA) is 74.2 Å². The average molecular weight is 476 g/mol. The van der Waals surface area contributed by atoms with Crippen molar-refractivity contribution in [3.8, 4) is 5.75 Å². The maximum Gasteiger partial charge on any atom is 0.336 e. The normalized spacial score (nSPS) is 21.9. The predicted molar refractivity (Wildman–Crippen MR) is 135 cm³/mol. The van der Waals surface area contributed by atoms with Crippen LogP contribution in [-0.4, -0.2) is 44.9 Å². The lowest BCUT2D eigenvalue weighted by atomic mass is 9.66. The molecule has 0 radical (unpaired) electrons. The van der Waals surface area contributed by atoms with Crippen molar-refractivity contribution in [1.82, 2.24) is 0 Å². The average Bonchev–Trinajstić information content (AvgIpc) is 2.88. The Balaban J connectivity index is 1.72. The van der Waals surface area contributed by atoms with Gasteiger partial charge in [0.1, 0.15) is 18.1 Å². The summed E-state index contributed by atoms with van der Waals surface area (Å²) in [5.41, 5.74) is 5.17. The van der Waals surface area contributed by atoms with Crippen molar-refractivity contribution in [3.63, 3.8) is 0 Å². The number of ketones is 1. The van der Waals surface area contributed by atoms with Gasteiger partial charge in [0.15, 0.2) is 0 Å². The molecule has 0 N–H and O–H groups in total. The molecule has 1 heterocycles. The Morgan fingerprint density at radius 3 is 2.26 bits per heavy atom. The van der Waals surface area contributed by atoms with Crippen LogP contribution in [0.4, 0.5) is 0 Å². The fourth-order valence-corrected chi connectivity index (χ4v) is 5.17. The standard InChI is InChI=1S/C29H33NO5/c1-5-19-6-8-21(9-7-19)27-26(29(32)35-15-14-33-3)18(2)30-24-16-22(17-25(31)28(24)27)20-10-12-23(34-4)13-11-20/h6-13,22,27-28H,5,14-17H2,1-4H3/t22-,27+,28?/m0/s1. The number of esters is 1. The number of aliphatic imine (C=N–C) groups is 1. The maximum atomic E-state index is 13.7. The largest absolute Gasteiger partial charge is 0.497 e. The maximum absolute atomic E-state index is 13.7.